The number of carbonyl (C=O) groups is 3. The van der Waals surface area contributed by atoms with Gasteiger partial charge in [0.1, 0.15) is 13.2 Å². The van der Waals surface area contributed by atoms with Crippen molar-refractivity contribution in [1.29, 1.82) is 0 Å². The van der Waals surface area contributed by atoms with Crippen molar-refractivity contribution in [2.45, 2.75) is 328 Å². The molecule has 0 aliphatic heterocycles. The largest absolute Gasteiger partial charge is 0.545 e. The first-order valence-electron chi connectivity index (χ1n) is 30.7. The highest BCUT2D eigenvalue weighted by Gasteiger charge is 2.22. The van der Waals surface area contributed by atoms with E-state index in [1.165, 1.54) is 250 Å². The van der Waals surface area contributed by atoms with Crippen LogP contribution in [0.3, 0.4) is 0 Å². The summed E-state index contributed by atoms with van der Waals surface area (Å²) in [6.07, 6.45) is 57.9. The number of unbranched alkanes of at least 4 members (excludes halogenated alkanes) is 43. The number of aliphatic carboxylic acids is 1. The van der Waals surface area contributed by atoms with Gasteiger partial charge >= 0.3 is 11.9 Å². The predicted molar refractivity (Wildman–Crippen MR) is 293 cm³/mol. The number of hydrogen-bond acceptors (Lipinski definition) is 8. The van der Waals surface area contributed by atoms with Crippen LogP contribution >= 0.6 is 0 Å². The molecule has 9 heteroatoms. The Morgan fingerprint density at radius 1 is 0.371 bits per heavy atom. The Kier molecular flexibility index (Phi) is 52.3. The van der Waals surface area contributed by atoms with Crippen LogP contribution in [0.5, 0.6) is 0 Å². The fourth-order valence-corrected chi connectivity index (χ4v) is 9.36. The molecule has 0 amide bonds. The average Bonchev–Trinajstić information content (AvgIpc) is 3.33. The minimum Gasteiger partial charge on any atom is -0.545 e. The molecular weight excluding hydrogens is 875 g/mol. The zero-order valence-corrected chi connectivity index (χ0v) is 47.4. The summed E-state index contributed by atoms with van der Waals surface area (Å²) in [4.78, 5) is 37.0. The monoisotopic (exact) mass is 994 g/mol. The van der Waals surface area contributed by atoms with Gasteiger partial charge in [-0.15, -0.1) is 0 Å². The molecule has 0 bridgehead atoms. The van der Waals surface area contributed by atoms with Crippen LogP contribution in [-0.2, 0) is 33.3 Å². The molecule has 0 aromatic carbocycles. The van der Waals surface area contributed by atoms with Gasteiger partial charge in [-0.3, -0.25) is 9.59 Å². The van der Waals surface area contributed by atoms with E-state index < -0.39 is 24.3 Å². The summed E-state index contributed by atoms with van der Waals surface area (Å²) in [7, 11) is 5.92. The quantitative estimate of drug-likeness (QED) is 0.0256. The summed E-state index contributed by atoms with van der Waals surface area (Å²) in [6, 6.07) is 0. The van der Waals surface area contributed by atoms with E-state index in [1.807, 2.05) is 21.1 Å². The molecule has 2 unspecified atom stereocenters. The molecule has 0 saturated heterocycles. The van der Waals surface area contributed by atoms with Gasteiger partial charge in [-0.25, -0.2) is 0 Å². The van der Waals surface area contributed by atoms with Gasteiger partial charge in [-0.2, -0.15) is 0 Å². The van der Waals surface area contributed by atoms with E-state index in [9.17, 15) is 19.5 Å². The van der Waals surface area contributed by atoms with Gasteiger partial charge in [0.15, 0.2) is 12.4 Å². The molecule has 0 fully saturated rings. The fraction of sp³-hybridized carbons (Fsp3) is 0.951. The first-order chi connectivity index (χ1) is 34.1. The standard InChI is InChI=1S/C61H119NO8/c1-6-8-10-12-14-16-17-18-19-20-21-22-23-24-25-26-27-28-29-30-31-32-33-34-35-36-37-38-39-40-41-42-43-44-46-48-50-52-59(64)70-57(56-69-61(60(65)66)67-54-53-62(3,4)5)55-68-58(63)51-49-47-45-15-13-11-9-7-2/h57,61H,6-56H2,1-5H3. The lowest BCUT2D eigenvalue weighted by Gasteiger charge is -2.26. The fourth-order valence-electron chi connectivity index (χ4n) is 9.36. The van der Waals surface area contributed by atoms with Crippen LogP contribution in [0.2, 0.25) is 0 Å². The van der Waals surface area contributed by atoms with Crippen LogP contribution in [0, 0.1) is 0 Å². The number of carbonyl (C=O) groups excluding carboxylic acids is 3. The van der Waals surface area contributed by atoms with Gasteiger partial charge in [0.05, 0.1) is 40.3 Å². The first-order valence-corrected chi connectivity index (χ1v) is 30.7. The van der Waals surface area contributed by atoms with Crippen molar-refractivity contribution in [2.75, 3.05) is 47.5 Å². The van der Waals surface area contributed by atoms with Crippen molar-refractivity contribution in [3.05, 3.63) is 0 Å². The second-order valence-corrected chi connectivity index (χ2v) is 22.4. The van der Waals surface area contributed by atoms with Crippen LogP contribution in [0.4, 0.5) is 0 Å². The number of carboxylic acid groups (broad SMARTS) is 1. The Bertz CT molecular complexity index is 1110. The maximum Gasteiger partial charge on any atom is 0.306 e. The molecule has 0 aromatic heterocycles. The lowest BCUT2D eigenvalue weighted by atomic mass is 10.0. The Morgan fingerprint density at radius 2 is 0.643 bits per heavy atom. The number of esters is 2. The summed E-state index contributed by atoms with van der Waals surface area (Å²) in [6.45, 7) is 4.76. The molecule has 0 rings (SSSR count). The third-order valence-electron chi connectivity index (χ3n) is 14.1. The van der Waals surface area contributed by atoms with Crippen LogP contribution in [0.25, 0.3) is 0 Å². The number of nitrogens with zero attached hydrogens (tertiary/aromatic N) is 1. The van der Waals surface area contributed by atoms with Crippen molar-refractivity contribution >= 4 is 17.9 Å². The van der Waals surface area contributed by atoms with Gasteiger partial charge in [0.25, 0.3) is 0 Å². The zero-order valence-electron chi connectivity index (χ0n) is 47.4. The first kappa shape index (κ1) is 68.3. The van der Waals surface area contributed by atoms with E-state index >= 15 is 0 Å². The smallest absolute Gasteiger partial charge is 0.306 e. The molecule has 0 aliphatic carbocycles. The van der Waals surface area contributed by atoms with E-state index in [1.54, 1.807) is 0 Å². The van der Waals surface area contributed by atoms with Crippen LogP contribution in [0.1, 0.15) is 316 Å². The lowest BCUT2D eigenvalue weighted by molar-refractivity contribution is -0.870. The Labute approximate surface area is 434 Å². The van der Waals surface area contributed by atoms with Gasteiger partial charge in [0.2, 0.25) is 0 Å². The summed E-state index contributed by atoms with van der Waals surface area (Å²) in [5.74, 6) is -2.26. The summed E-state index contributed by atoms with van der Waals surface area (Å²) >= 11 is 0. The number of ether oxygens (including phenoxy) is 4. The number of carboxylic acids is 1. The molecule has 9 nitrogen and oxygen atoms in total. The Morgan fingerprint density at radius 3 is 0.914 bits per heavy atom. The minimum absolute atomic E-state index is 0.153. The SMILES string of the molecule is CCCCCCCCCCCCCCCCCCCCCCCCCCCCCCCCCCCCCCCC(=O)OC(COC(=O)CCCCCCCCCC)COC(OCC[N+](C)(C)C)C(=O)[O-]. The average molecular weight is 995 g/mol. The molecule has 0 saturated carbocycles. The molecule has 2 atom stereocenters. The van der Waals surface area contributed by atoms with Gasteiger partial charge in [-0.1, -0.05) is 290 Å². The number of likely N-dealkylation sites (N-methyl/N-ethyl adjacent to an activating group) is 1. The number of hydrogen-bond donors (Lipinski definition) is 0. The molecule has 0 spiro atoms. The van der Waals surface area contributed by atoms with E-state index in [2.05, 4.69) is 13.8 Å². The molecule has 0 aliphatic rings. The molecule has 0 aromatic rings. The Balaban J connectivity index is 3.82. The topological polar surface area (TPSA) is 111 Å². The van der Waals surface area contributed by atoms with E-state index in [0.29, 0.717) is 17.4 Å². The Hall–Kier alpha value is -1.71. The molecular formula is C61H119NO8. The van der Waals surface area contributed by atoms with Crippen LogP contribution in [-0.4, -0.2) is 82.3 Å². The van der Waals surface area contributed by atoms with Crippen molar-refractivity contribution in [2.24, 2.45) is 0 Å². The maximum atomic E-state index is 12.8. The predicted octanol–water partition coefficient (Wildman–Crippen LogP) is 16.6. The molecule has 0 radical (unpaired) electrons. The lowest BCUT2D eigenvalue weighted by Crippen LogP contribution is -2.44. The number of rotatable bonds is 58. The van der Waals surface area contributed by atoms with Gasteiger partial charge in [-0.05, 0) is 12.8 Å². The summed E-state index contributed by atoms with van der Waals surface area (Å²) in [5, 5.41) is 11.7. The molecule has 416 valence electrons. The third kappa shape index (κ3) is 54.1. The highest BCUT2D eigenvalue weighted by atomic mass is 16.7. The zero-order chi connectivity index (χ0) is 51.3. The van der Waals surface area contributed by atoms with Crippen molar-refractivity contribution < 1.29 is 42.9 Å². The third-order valence-corrected chi connectivity index (χ3v) is 14.1. The van der Waals surface area contributed by atoms with E-state index in [0.717, 1.165) is 38.5 Å². The van der Waals surface area contributed by atoms with Crippen molar-refractivity contribution in [1.82, 2.24) is 0 Å². The van der Waals surface area contributed by atoms with Crippen LogP contribution < -0.4 is 5.11 Å². The summed E-state index contributed by atoms with van der Waals surface area (Å²) in [5.41, 5.74) is 0. The second-order valence-electron chi connectivity index (χ2n) is 22.4. The molecule has 70 heavy (non-hydrogen) atoms. The molecule has 0 heterocycles. The van der Waals surface area contributed by atoms with Crippen molar-refractivity contribution in [3.8, 4) is 0 Å². The highest BCUT2D eigenvalue weighted by Crippen LogP contribution is 2.18. The highest BCUT2D eigenvalue weighted by molar-refractivity contribution is 5.70. The van der Waals surface area contributed by atoms with Crippen molar-refractivity contribution in [3.63, 3.8) is 0 Å². The molecule has 0 N–H and O–H groups in total. The van der Waals surface area contributed by atoms with Crippen LogP contribution in [0.15, 0.2) is 0 Å². The van der Waals surface area contributed by atoms with E-state index in [4.69, 9.17) is 18.9 Å². The maximum absolute atomic E-state index is 12.8. The van der Waals surface area contributed by atoms with Gasteiger partial charge in [0, 0.05) is 12.8 Å². The minimum atomic E-state index is -1.61. The summed E-state index contributed by atoms with van der Waals surface area (Å²) < 4.78 is 22.6. The van der Waals surface area contributed by atoms with E-state index in [-0.39, 0.29) is 32.2 Å². The second kappa shape index (κ2) is 53.6. The normalized spacial score (nSPS) is 12.6. The van der Waals surface area contributed by atoms with Gasteiger partial charge < -0.3 is 33.3 Å². The number of quaternary nitrogens is 1.